The van der Waals surface area contributed by atoms with Crippen LogP contribution in [0, 0.1) is 6.92 Å². The minimum Gasteiger partial charge on any atom is -0.493 e. The zero-order valence-corrected chi connectivity index (χ0v) is 24.5. The summed E-state index contributed by atoms with van der Waals surface area (Å²) in [5.74, 6) is 0.601. The van der Waals surface area contributed by atoms with Gasteiger partial charge in [-0.25, -0.2) is 0 Å². The van der Waals surface area contributed by atoms with Crippen LogP contribution in [0.4, 0.5) is 11.4 Å². The smallest absolute Gasteiger partial charge is 0.254 e. The summed E-state index contributed by atoms with van der Waals surface area (Å²) in [6, 6.07) is 21.6. The van der Waals surface area contributed by atoms with Crippen LogP contribution in [-0.2, 0) is 9.59 Å². The van der Waals surface area contributed by atoms with Gasteiger partial charge in [-0.15, -0.1) is 0 Å². The fourth-order valence-corrected chi connectivity index (χ4v) is 5.88. The maximum atomic E-state index is 14.0. The maximum absolute atomic E-state index is 14.0. The molecule has 2 N–H and O–H groups in total. The van der Waals surface area contributed by atoms with E-state index in [2.05, 4.69) is 10.6 Å². The summed E-state index contributed by atoms with van der Waals surface area (Å²) < 4.78 is 10.9. The first-order valence-corrected chi connectivity index (χ1v) is 13.8. The van der Waals surface area contributed by atoms with Crippen molar-refractivity contribution in [2.75, 3.05) is 38.5 Å². The summed E-state index contributed by atoms with van der Waals surface area (Å²) >= 11 is 0. The summed E-state index contributed by atoms with van der Waals surface area (Å²) in [4.78, 5) is 30.0. The molecule has 0 saturated heterocycles. The fourth-order valence-electron chi connectivity index (χ4n) is 5.88. The van der Waals surface area contributed by atoms with E-state index >= 15 is 0 Å². The Morgan fingerprint density at radius 2 is 1.59 bits per heavy atom. The highest BCUT2D eigenvalue weighted by atomic mass is 16.5. The van der Waals surface area contributed by atoms with Crippen molar-refractivity contribution in [3.8, 4) is 11.5 Å². The molecular weight excluding hydrogens is 514 g/mol. The van der Waals surface area contributed by atoms with E-state index in [-0.39, 0.29) is 17.6 Å². The third-order valence-electron chi connectivity index (χ3n) is 8.09. The number of Topliss-reactive ketones (excluding diaryl/α,β-unsaturated/α-hetero) is 1. The van der Waals surface area contributed by atoms with Gasteiger partial charge in [0.25, 0.3) is 5.91 Å². The van der Waals surface area contributed by atoms with E-state index in [4.69, 9.17) is 9.47 Å². The lowest BCUT2D eigenvalue weighted by molar-refractivity contribution is -0.116. The number of nitrogens with zero attached hydrogens (tertiary/aromatic N) is 1. The van der Waals surface area contributed by atoms with Crippen molar-refractivity contribution in [3.05, 3.63) is 106 Å². The van der Waals surface area contributed by atoms with E-state index in [0.717, 1.165) is 39.5 Å². The molecule has 2 aliphatic rings. The van der Waals surface area contributed by atoms with Crippen LogP contribution >= 0.6 is 0 Å². The Kier molecular flexibility index (Phi) is 7.88. The number of benzene rings is 3. The number of amides is 1. The molecule has 1 amide bonds. The zero-order valence-electron chi connectivity index (χ0n) is 24.5. The molecule has 212 valence electrons. The first-order valence-electron chi connectivity index (χ1n) is 13.8. The van der Waals surface area contributed by atoms with Crippen LogP contribution in [0.1, 0.15) is 48.3 Å². The number of dihydropyridines is 1. The second-order valence-corrected chi connectivity index (χ2v) is 10.9. The van der Waals surface area contributed by atoms with Gasteiger partial charge in [0.15, 0.2) is 17.3 Å². The minimum atomic E-state index is -0.481. The Labute approximate surface area is 241 Å². The number of ether oxygens (including phenoxy) is 2. The predicted octanol–water partition coefficient (Wildman–Crippen LogP) is 6.08. The summed E-state index contributed by atoms with van der Waals surface area (Å²) in [5, 5.41) is 6.58. The van der Waals surface area contributed by atoms with Crippen molar-refractivity contribution in [3.63, 3.8) is 0 Å². The molecule has 41 heavy (non-hydrogen) atoms. The summed E-state index contributed by atoms with van der Waals surface area (Å²) in [6.07, 6.45) is 0.987. The Bertz CT molecular complexity index is 1550. The van der Waals surface area contributed by atoms with E-state index in [1.165, 1.54) is 0 Å². The van der Waals surface area contributed by atoms with E-state index in [1.807, 2.05) is 99.6 Å². The molecule has 2 atom stereocenters. The number of carbonyl (C=O) groups is 2. The van der Waals surface area contributed by atoms with Gasteiger partial charge in [-0.1, -0.05) is 36.4 Å². The maximum Gasteiger partial charge on any atom is 0.254 e. The lowest BCUT2D eigenvalue weighted by atomic mass is 9.71. The molecule has 1 heterocycles. The number of aryl methyl sites for hydroxylation is 1. The Morgan fingerprint density at radius 3 is 2.24 bits per heavy atom. The number of methoxy groups -OCH3 is 2. The number of allylic oxidation sites excluding steroid dienone is 3. The largest absolute Gasteiger partial charge is 0.493 e. The number of nitrogens with one attached hydrogen (secondary N) is 2. The van der Waals surface area contributed by atoms with Crippen LogP contribution < -0.4 is 25.0 Å². The molecule has 7 nitrogen and oxygen atoms in total. The molecule has 0 saturated carbocycles. The van der Waals surface area contributed by atoms with Crippen molar-refractivity contribution in [2.24, 2.45) is 0 Å². The normalized spacial score (nSPS) is 18.4. The minimum absolute atomic E-state index is 0.0273. The number of anilines is 2. The van der Waals surface area contributed by atoms with Gasteiger partial charge in [0, 0.05) is 60.3 Å². The fraction of sp³-hybridized carbons (Fsp3) is 0.294. The molecule has 0 fully saturated rings. The number of rotatable bonds is 7. The highest BCUT2D eigenvalue weighted by Crippen LogP contribution is 2.46. The third kappa shape index (κ3) is 5.44. The van der Waals surface area contributed by atoms with E-state index in [9.17, 15) is 9.59 Å². The van der Waals surface area contributed by atoms with Gasteiger partial charge in [-0.2, -0.15) is 0 Å². The van der Waals surface area contributed by atoms with E-state index in [1.54, 1.807) is 14.2 Å². The highest BCUT2D eigenvalue weighted by molar-refractivity contribution is 6.10. The highest BCUT2D eigenvalue weighted by Gasteiger charge is 2.41. The van der Waals surface area contributed by atoms with Gasteiger partial charge in [0.2, 0.25) is 0 Å². The van der Waals surface area contributed by atoms with E-state index < -0.39 is 5.92 Å². The SMILES string of the molecule is COc1ccc([C@@H]2CC(=O)C3=C(C2)NC(C)=C(C(=O)Nc2ccccc2C)[C@@H]3c2ccc(N(C)C)cc2)cc1OC. The molecule has 5 rings (SSSR count). The van der Waals surface area contributed by atoms with Crippen LogP contribution in [0.2, 0.25) is 0 Å². The molecule has 1 aliphatic heterocycles. The second kappa shape index (κ2) is 11.5. The zero-order chi connectivity index (χ0) is 29.3. The standard InChI is InChI=1S/C34H37N3O4/c1-20-9-7-8-10-26(20)36-34(39)31-21(2)35-27-17-24(23-13-16-29(40-5)30(19-23)41-6)18-28(38)33(27)32(31)22-11-14-25(15-12-22)37(3)4/h7-16,19,24,32,35H,17-18H2,1-6H3,(H,36,39)/t24-,32-/m0/s1. The number of hydrogen-bond donors (Lipinski definition) is 2. The number of ketones is 1. The topological polar surface area (TPSA) is 79.9 Å². The second-order valence-electron chi connectivity index (χ2n) is 10.9. The molecule has 0 unspecified atom stereocenters. The van der Waals surface area contributed by atoms with Crippen LogP contribution in [-0.4, -0.2) is 40.0 Å². The van der Waals surface area contributed by atoms with Crippen molar-refractivity contribution in [1.82, 2.24) is 5.32 Å². The van der Waals surface area contributed by atoms with Gasteiger partial charge < -0.3 is 25.0 Å². The first kappa shape index (κ1) is 28.0. The molecule has 0 aromatic heterocycles. The summed E-state index contributed by atoms with van der Waals surface area (Å²) in [6.45, 7) is 3.88. The summed E-state index contributed by atoms with van der Waals surface area (Å²) in [5.41, 5.74) is 7.54. The predicted molar refractivity (Wildman–Crippen MR) is 163 cm³/mol. The average Bonchev–Trinajstić information content (AvgIpc) is 2.97. The molecule has 3 aromatic rings. The van der Waals surface area contributed by atoms with Crippen LogP contribution in [0.3, 0.4) is 0 Å². The van der Waals surface area contributed by atoms with Crippen LogP contribution in [0.25, 0.3) is 0 Å². The number of hydrogen-bond acceptors (Lipinski definition) is 6. The number of carbonyl (C=O) groups excluding carboxylic acids is 2. The molecular formula is C34H37N3O4. The molecule has 0 spiro atoms. The molecule has 0 radical (unpaired) electrons. The van der Waals surface area contributed by atoms with Gasteiger partial charge in [-0.05, 0) is 73.2 Å². The lowest BCUT2D eigenvalue weighted by Crippen LogP contribution is -2.37. The Hall–Kier alpha value is -4.52. The average molecular weight is 552 g/mol. The molecule has 7 heteroatoms. The molecule has 1 aliphatic carbocycles. The number of para-hydroxylation sites is 1. The van der Waals surface area contributed by atoms with Gasteiger partial charge in [-0.3, -0.25) is 9.59 Å². The Morgan fingerprint density at radius 1 is 0.902 bits per heavy atom. The molecule has 3 aromatic carbocycles. The Balaban J connectivity index is 1.56. The van der Waals surface area contributed by atoms with Gasteiger partial charge in [0.1, 0.15) is 0 Å². The van der Waals surface area contributed by atoms with Gasteiger partial charge in [0.05, 0.1) is 14.2 Å². The lowest BCUT2D eigenvalue weighted by Gasteiger charge is -2.37. The molecule has 0 bridgehead atoms. The van der Waals surface area contributed by atoms with Crippen LogP contribution in [0.15, 0.2) is 89.3 Å². The van der Waals surface area contributed by atoms with Crippen molar-refractivity contribution < 1.29 is 19.1 Å². The van der Waals surface area contributed by atoms with Crippen molar-refractivity contribution >= 4 is 23.1 Å². The van der Waals surface area contributed by atoms with Crippen molar-refractivity contribution in [2.45, 2.75) is 38.5 Å². The quantitative estimate of drug-likeness (QED) is 0.371. The monoisotopic (exact) mass is 551 g/mol. The summed E-state index contributed by atoms with van der Waals surface area (Å²) in [7, 11) is 7.20. The van der Waals surface area contributed by atoms with Crippen LogP contribution in [0.5, 0.6) is 11.5 Å². The third-order valence-corrected chi connectivity index (χ3v) is 8.09. The van der Waals surface area contributed by atoms with Crippen molar-refractivity contribution in [1.29, 1.82) is 0 Å². The first-order chi connectivity index (χ1) is 19.7. The van der Waals surface area contributed by atoms with E-state index in [0.29, 0.717) is 35.5 Å². The van der Waals surface area contributed by atoms with Gasteiger partial charge >= 0.3 is 0 Å².